The topological polar surface area (TPSA) is 91.3 Å². The van der Waals surface area contributed by atoms with Gasteiger partial charge in [-0.25, -0.2) is 4.98 Å². The van der Waals surface area contributed by atoms with Crippen LogP contribution in [0.2, 0.25) is 5.02 Å². The number of hydrogen-bond acceptors (Lipinski definition) is 4. The first-order valence-electron chi connectivity index (χ1n) is 9.32. The molecular weight excluding hydrogens is 366 g/mol. The summed E-state index contributed by atoms with van der Waals surface area (Å²) in [5, 5.41) is 16.0. The van der Waals surface area contributed by atoms with Crippen molar-refractivity contribution in [2.24, 2.45) is 5.92 Å². The Morgan fingerprint density at radius 2 is 1.96 bits per heavy atom. The lowest BCUT2D eigenvalue weighted by Crippen LogP contribution is -2.25. The third-order valence-corrected chi connectivity index (χ3v) is 5.33. The van der Waals surface area contributed by atoms with Crippen molar-refractivity contribution in [2.75, 3.05) is 10.6 Å². The molecule has 1 aromatic carbocycles. The number of aromatic nitrogens is 1. The van der Waals surface area contributed by atoms with Crippen LogP contribution in [0.5, 0.6) is 0 Å². The van der Waals surface area contributed by atoms with E-state index in [-0.39, 0.29) is 5.91 Å². The number of fused-ring (bicyclic) bond motifs is 1. The molecule has 0 bridgehead atoms. The molecule has 0 spiro atoms. The highest BCUT2D eigenvalue weighted by Gasteiger charge is 2.19. The summed E-state index contributed by atoms with van der Waals surface area (Å²) in [5.41, 5.74) is 1.19. The highest BCUT2D eigenvalue weighted by Crippen LogP contribution is 2.32. The molecule has 0 saturated heterocycles. The minimum Gasteiger partial charge on any atom is -0.480 e. The van der Waals surface area contributed by atoms with E-state index in [4.69, 9.17) is 16.7 Å². The van der Waals surface area contributed by atoms with E-state index in [1.807, 2.05) is 0 Å². The first-order valence-corrected chi connectivity index (χ1v) is 9.70. The third kappa shape index (κ3) is 4.89. The molecule has 1 atom stereocenters. The number of nitrogens with zero attached hydrogens (tertiary/aromatic N) is 1. The first-order chi connectivity index (χ1) is 12.9. The van der Waals surface area contributed by atoms with E-state index in [1.54, 1.807) is 31.2 Å². The number of carbonyl (C=O) groups is 2. The number of halogens is 1. The van der Waals surface area contributed by atoms with Gasteiger partial charge in [-0.3, -0.25) is 9.59 Å². The molecule has 7 heteroatoms. The van der Waals surface area contributed by atoms with E-state index < -0.39 is 12.0 Å². The van der Waals surface area contributed by atoms with Crippen LogP contribution in [0.15, 0.2) is 24.3 Å². The van der Waals surface area contributed by atoms with Crippen molar-refractivity contribution < 1.29 is 14.7 Å². The fourth-order valence-electron chi connectivity index (χ4n) is 3.51. The number of aliphatic carboxylic acids is 1. The molecule has 1 aliphatic carbocycles. The van der Waals surface area contributed by atoms with Crippen molar-refractivity contribution in [3.05, 3.63) is 29.3 Å². The van der Waals surface area contributed by atoms with Crippen LogP contribution < -0.4 is 10.6 Å². The third-order valence-electron chi connectivity index (χ3n) is 5.02. The van der Waals surface area contributed by atoms with Gasteiger partial charge in [0.15, 0.2) is 0 Å². The zero-order valence-corrected chi connectivity index (χ0v) is 16.1. The normalized spacial score (nSPS) is 16.1. The number of hydrogen-bond donors (Lipinski definition) is 3. The van der Waals surface area contributed by atoms with Gasteiger partial charge in [-0.1, -0.05) is 30.9 Å². The number of rotatable bonds is 6. The van der Waals surface area contributed by atoms with Crippen LogP contribution >= 0.6 is 11.6 Å². The average molecular weight is 390 g/mol. The first kappa shape index (κ1) is 19.4. The number of carboxylic acid groups (broad SMARTS) is 1. The van der Waals surface area contributed by atoms with Gasteiger partial charge < -0.3 is 15.7 Å². The minimum absolute atomic E-state index is 0.0296. The van der Waals surface area contributed by atoms with Crippen molar-refractivity contribution >= 4 is 45.9 Å². The largest absolute Gasteiger partial charge is 0.480 e. The average Bonchev–Trinajstić information content (AvgIpc) is 2.64. The molecule has 3 rings (SSSR count). The number of anilines is 2. The fourth-order valence-corrected chi connectivity index (χ4v) is 3.72. The predicted octanol–water partition coefficient (Wildman–Crippen LogP) is 4.68. The lowest BCUT2D eigenvalue weighted by atomic mass is 9.87. The molecular formula is C20H24ClN3O3. The molecule has 1 fully saturated rings. The van der Waals surface area contributed by atoms with Gasteiger partial charge in [-0.15, -0.1) is 0 Å². The summed E-state index contributed by atoms with van der Waals surface area (Å²) in [4.78, 5) is 27.9. The fraction of sp³-hybridized carbons (Fsp3) is 0.450. The van der Waals surface area contributed by atoms with Crippen molar-refractivity contribution in [1.82, 2.24) is 4.98 Å². The van der Waals surface area contributed by atoms with Gasteiger partial charge in [0, 0.05) is 11.8 Å². The highest BCUT2D eigenvalue weighted by atomic mass is 35.5. The Balaban J connectivity index is 1.78. The maximum absolute atomic E-state index is 12.5. The molecule has 3 N–H and O–H groups in total. The van der Waals surface area contributed by atoms with Crippen LogP contribution in [0.3, 0.4) is 0 Å². The maximum Gasteiger partial charge on any atom is 0.325 e. The second kappa shape index (κ2) is 8.57. The van der Waals surface area contributed by atoms with Crippen molar-refractivity contribution in [3.8, 4) is 0 Å². The van der Waals surface area contributed by atoms with Crippen LogP contribution in [0.1, 0.15) is 45.4 Å². The van der Waals surface area contributed by atoms with Gasteiger partial charge in [-0.2, -0.15) is 0 Å². The summed E-state index contributed by atoms with van der Waals surface area (Å²) < 4.78 is 0. The SMILES string of the molecule is C[C@H](Nc1ccc2c(NC(=O)CC3CCCCC3)c(Cl)ccc2n1)C(=O)O. The van der Waals surface area contributed by atoms with Crippen LogP contribution in [-0.2, 0) is 9.59 Å². The van der Waals surface area contributed by atoms with E-state index in [0.29, 0.717) is 34.4 Å². The summed E-state index contributed by atoms with van der Waals surface area (Å²) in [6.07, 6.45) is 6.37. The Labute approximate surface area is 163 Å². The van der Waals surface area contributed by atoms with E-state index in [9.17, 15) is 9.59 Å². The Hall–Kier alpha value is -2.34. The molecule has 0 aliphatic heterocycles. The smallest absolute Gasteiger partial charge is 0.325 e. The van der Waals surface area contributed by atoms with Crippen molar-refractivity contribution in [2.45, 2.75) is 51.5 Å². The quantitative estimate of drug-likeness (QED) is 0.667. The van der Waals surface area contributed by atoms with Crippen molar-refractivity contribution in [1.29, 1.82) is 0 Å². The van der Waals surface area contributed by atoms with Crippen molar-refractivity contribution in [3.63, 3.8) is 0 Å². The van der Waals surface area contributed by atoms with Gasteiger partial charge in [0.05, 0.1) is 16.2 Å². The summed E-state index contributed by atoms with van der Waals surface area (Å²) in [7, 11) is 0. The minimum atomic E-state index is -0.955. The molecule has 144 valence electrons. The van der Waals surface area contributed by atoms with Gasteiger partial charge in [-0.05, 0) is 49.9 Å². The van der Waals surface area contributed by atoms with E-state index in [2.05, 4.69) is 15.6 Å². The monoisotopic (exact) mass is 389 g/mol. The maximum atomic E-state index is 12.5. The van der Waals surface area contributed by atoms with E-state index in [1.165, 1.54) is 19.3 Å². The molecule has 1 amide bonds. The molecule has 0 unspecified atom stereocenters. The number of nitrogens with one attached hydrogen (secondary N) is 2. The Bertz CT molecular complexity index is 850. The summed E-state index contributed by atoms with van der Waals surface area (Å²) in [6, 6.07) is 6.18. The summed E-state index contributed by atoms with van der Waals surface area (Å²) >= 11 is 6.32. The standard InChI is InChI=1S/C20H24ClN3O3/c1-12(20(26)27)22-17-10-7-14-16(23-17)9-8-15(21)19(14)24-18(25)11-13-5-3-2-4-6-13/h7-10,12-13H,2-6,11H2,1H3,(H,22,23)(H,24,25)(H,26,27)/t12-/m0/s1. The molecule has 6 nitrogen and oxygen atoms in total. The molecule has 1 heterocycles. The molecule has 1 saturated carbocycles. The highest BCUT2D eigenvalue weighted by molar-refractivity contribution is 6.35. The van der Waals surface area contributed by atoms with E-state index >= 15 is 0 Å². The van der Waals surface area contributed by atoms with Gasteiger partial charge in [0.25, 0.3) is 0 Å². The van der Waals surface area contributed by atoms with E-state index in [0.717, 1.165) is 18.2 Å². The molecule has 2 aromatic rings. The zero-order valence-electron chi connectivity index (χ0n) is 15.3. The number of pyridine rings is 1. The molecule has 27 heavy (non-hydrogen) atoms. The lowest BCUT2D eigenvalue weighted by molar-refractivity contribution is -0.137. The number of benzene rings is 1. The molecule has 0 radical (unpaired) electrons. The van der Waals surface area contributed by atoms with Crippen LogP contribution in [0.4, 0.5) is 11.5 Å². The second-order valence-electron chi connectivity index (χ2n) is 7.15. The predicted molar refractivity (Wildman–Crippen MR) is 107 cm³/mol. The van der Waals surface area contributed by atoms with Gasteiger partial charge >= 0.3 is 5.97 Å². The molecule has 1 aromatic heterocycles. The van der Waals surface area contributed by atoms with Gasteiger partial charge in [0.2, 0.25) is 5.91 Å². The second-order valence-corrected chi connectivity index (χ2v) is 7.55. The Kier molecular flexibility index (Phi) is 6.16. The summed E-state index contributed by atoms with van der Waals surface area (Å²) in [5.74, 6) is -0.0835. The lowest BCUT2D eigenvalue weighted by Gasteiger charge is -2.21. The Morgan fingerprint density at radius 3 is 2.67 bits per heavy atom. The number of amides is 1. The van der Waals surface area contributed by atoms with Crippen LogP contribution in [-0.4, -0.2) is 28.0 Å². The summed E-state index contributed by atoms with van der Waals surface area (Å²) in [6.45, 7) is 1.55. The van der Waals surface area contributed by atoms with Crippen LogP contribution in [0.25, 0.3) is 10.9 Å². The van der Waals surface area contributed by atoms with Gasteiger partial charge in [0.1, 0.15) is 11.9 Å². The molecule has 1 aliphatic rings. The zero-order chi connectivity index (χ0) is 19.4. The number of carboxylic acids is 1. The number of carbonyl (C=O) groups excluding carboxylic acids is 1. The van der Waals surface area contributed by atoms with Crippen LogP contribution in [0, 0.1) is 5.92 Å². The Morgan fingerprint density at radius 1 is 1.22 bits per heavy atom.